The average molecular weight is 249 g/mol. The van der Waals surface area contributed by atoms with Gasteiger partial charge in [-0.25, -0.2) is 0 Å². The normalized spacial score (nSPS) is 22.5. The first-order valence-corrected chi connectivity index (χ1v) is 6.66. The Morgan fingerprint density at radius 1 is 1.44 bits per heavy atom. The fourth-order valence-electron chi connectivity index (χ4n) is 2.59. The lowest BCUT2D eigenvalue weighted by atomic mass is 9.92. The highest BCUT2D eigenvalue weighted by Gasteiger charge is 2.28. The topological polar surface area (TPSA) is 30.5 Å². The summed E-state index contributed by atoms with van der Waals surface area (Å²) in [4.78, 5) is 0. The zero-order valence-corrected chi connectivity index (χ0v) is 11.7. The summed E-state index contributed by atoms with van der Waals surface area (Å²) in [6, 6.07) is 6.46. The van der Waals surface area contributed by atoms with E-state index in [0.717, 1.165) is 24.3 Å². The maximum atomic E-state index is 6.10. The van der Waals surface area contributed by atoms with E-state index in [0.29, 0.717) is 18.1 Å². The Kier molecular flexibility index (Phi) is 4.12. The highest BCUT2D eigenvalue weighted by Crippen LogP contribution is 2.38. The first-order chi connectivity index (χ1) is 8.63. The lowest BCUT2D eigenvalue weighted by molar-refractivity contribution is 0.129. The number of fused-ring (bicyclic) bond motifs is 1. The third-order valence-electron chi connectivity index (χ3n) is 3.47. The number of nitrogens with one attached hydrogen (secondary N) is 1. The molecule has 1 N–H and O–H groups in total. The molecule has 0 fully saturated rings. The number of hydrogen-bond acceptors (Lipinski definition) is 3. The van der Waals surface area contributed by atoms with Crippen molar-refractivity contribution in [1.82, 2.24) is 5.32 Å². The Hall–Kier alpha value is -1.22. The summed E-state index contributed by atoms with van der Waals surface area (Å²) >= 11 is 0. The Morgan fingerprint density at radius 3 is 2.83 bits per heavy atom. The molecule has 18 heavy (non-hydrogen) atoms. The van der Waals surface area contributed by atoms with Crippen LogP contribution in [0.3, 0.4) is 0 Å². The van der Waals surface area contributed by atoms with E-state index in [1.807, 2.05) is 19.2 Å². The van der Waals surface area contributed by atoms with Crippen molar-refractivity contribution in [3.63, 3.8) is 0 Å². The molecule has 1 aliphatic rings. The molecular formula is C15H23NO2. The molecule has 100 valence electrons. The molecule has 0 saturated heterocycles. The van der Waals surface area contributed by atoms with Gasteiger partial charge in [-0.1, -0.05) is 19.9 Å². The quantitative estimate of drug-likeness (QED) is 0.889. The largest absolute Gasteiger partial charge is 0.497 e. The molecule has 0 amide bonds. The Bertz CT molecular complexity index is 403. The van der Waals surface area contributed by atoms with Gasteiger partial charge in [0.2, 0.25) is 0 Å². The summed E-state index contributed by atoms with van der Waals surface area (Å²) in [5.41, 5.74) is 1.23. The maximum Gasteiger partial charge on any atom is 0.128 e. The van der Waals surface area contributed by atoms with Crippen LogP contribution >= 0.6 is 0 Å². The van der Waals surface area contributed by atoms with Crippen molar-refractivity contribution in [3.05, 3.63) is 23.8 Å². The van der Waals surface area contributed by atoms with Gasteiger partial charge in [-0.3, -0.25) is 0 Å². The third kappa shape index (κ3) is 2.78. The number of rotatable bonds is 4. The summed E-state index contributed by atoms with van der Waals surface area (Å²) in [6.07, 6.45) is 2.42. The SMILES string of the molecule is CNC1CC(CC(C)C)Oc2cc(OC)ccc21. The van der Waals surface area contributed by atoms with Crippen LogP contribution in [0.1, 0.15) is 38.3 Å². The van der Waals surface area contributed by atoms with Gasteiger partial charge in [-0.05, 0) is 25.5 Å². The smallest absolute Gasteiger partial charge is 0.128 e. The zero-order valence-electron chi connectivity index (χ0n) is 11.7. The lowest BCUT2D eigenvalue weighted by Crippen LogP contribution is -2.32. The minimum atomic E-state index is 0.294. The molecule has 3 nitrogen and oxygen atoms in total. The first kappa shape index (κ1) is 13.2. The summed E-state index contributed by atoms with van der Waals surface area (Å²) in [6.45, 7) is 4.47. The maximum absolute atomic E-state index is 6.10. The van der Waals surface area contributed by atoms with E-state index < -0.39 is 0 Å². The Labute approximate surface area is 109 Å². The van der Waals surface area contributed by atoms with Gasteiger partial charge in [0, 0.05) is 24.1 Å². The predicted octanol–water partition coefficient (Wildman–Crippen LogP) is 3.15. The fourth-order valence-corrected chi connectivity index (χ4v) is 2.59. The monoisotopic (exact) mass is 249 g/mol. The molecule has 2 unspecified atom stereocenters. The lowest BCUT2D eigenvalue weighted by Gasteiger charge is -2.33. The molecule has 3 heteroatoms. The number of ether oxygens (including phenoxy) is 2. The predicted molar refractivity (Wildman–Crippen MR) is 73.3 cm³/mol. The highest BCUT2D eigenvalue weighted by molar-refractivity contribution is 5.44. The summed E-state index contributed by atoms with van der Waals surface area (Å²) < 4.78 is 11.4. The van der Waals surface area contributed by atoms with Gasteiger partial charge < -0.3 is 14.8 Å². The van der Waals surface area contributed by atoms with E-state index in [9.17, 15) is 0 Å². The molecule has 1 aromatic rings. The van der Waals surface area contributed by atoms with Crippen LogP contribution in [0.15, 0.2) is 18.2 Å². The van der Waals surface area contributed by atoms with Gasteiger partial charge >= 0.3 is 0 Å². The van der Waals surface area contributed by atoms with Crippen molar-refractivity contribution in [3.8, 4) is 11.5 Å². The van der Waals surface area contributed by atoms with E-state index in [4.69, 9.17) is 9.47 Å². The van der Waals surface area contributed by atoms with Crippen molar-refractivity contribution in [2.24, 2.45) is 5.92 Å². The molecule has 0 bridgehead atoms. The van der Waals surface area contributed by atoms with Crippen molar-refractivity contribution in [2.45, 2.75) is 38.8 Å². The van der Waals surface area contributed by atoms with E-state index in [1.165, 1.54) is 5.56 Å². The standard InChI is InChI=1S/C15H23NO2/c1-10(2)7-12-8-14(16-3)13-6-5-11(17-4)9-15(13)18-12/h5-6,9-10,12,14,16H,7-8H2,1-4H3. The molecule has 0 saturated carbocycles. The minimum absolute atomic E-state index is 0.294. The molecule has 0 radical (unpaired) electrons. The van der Waals surface area contributed by atoms with Gasteiger partial charge in [0.15, 0.2) is 0 Å². The summed E-state index contributed by atoms with van der Waals surface area (Å²) in [7, 11) is 3.70. The van der Waals surface area contributed by atoms with Gasteiger partial charge in [0.25, 0.3) is 0 Å². The molecular weight excluding hydrogens is 226 g/mol. The van der Waals surface area contributed by atoms with E-state index in [2.05, 4.69) is 25.2 Å². The molecule has 0 aromatic heterocycles. The second-order valence-electron chi connectivity index (χ2n) is 5.35. The van der Waals surface area contributed by atoms with Crippen molar-refractivity contribution in [1.29, 1.82) is 0 Å². The summed E-state index contributed by atoms with van der Waals surface area (Å²) in [5.74, 6) is 2.47. The zero-order chi connectivity index (χ0) is 13.1. The van der Waals surface area contributed by atoms with Crippen LogP contribution in [-0.2, 0) is 0 Å². The third-order valence-corrected chi connectivity index (χ3v) is 3.47. The minimum Gasteiger partial charge on any atom is -0.497 e. The summed E-state index contributed by atoms with van der Waals surface area (Å²) in [5, 5.41) is 3.38. The van der Waals surface area contributed by atoms with E-state index >= 15 is 0 Å². The van der Waals surface area contributed by atoms with Gasteiger partial charge in [0.1, 0.15) is 17.6 Å². The number of methoxy groups -OCH3 is 1. The van der Waals surface area contributed by atoms with Crippen LogP contribution in [0, 0.1) is 5.92 Å². The van der Waals surface area contributed by atoms with Crippen molar-refractivity contribution >= 4 is 0 Å². The van der Waals surface area contributed by atoms with Crippen molar-refractivity contribution < 1.29 is 9.47 Å². The second kappa shape index (κ2) is 5.61. The van der Waals surface area contributed by atoms with Gasteiger partial charge in [-0.15, -0.1) is 0 Å². The Balaban J connectivity index is 2.24. The molecule has 0 spiro atoms. The number of benzene rings is 1. The van der Waals surface area contributed by atoms with Crippen LogP contribution in [0.2, 0.25) is 0 Å². The average Bonchev–Trinajstić information content (AvgIpc) is 2.36. The fraction of sp³-hybridized carbons (Fsp3) is 0.600. The van der Waals surface area contributed by atoms with Crippen LogP contribution in [0.4, 0.5) is 0 Å². The molecule has 1 aliphatic heterocycles. The molecule has 2 rings (SSSR count). The highest BCUT2D eigenvalue weighted by atomic mass is 16.5. The Morgan fingerprint density at radius 2 is 2.22 bits per heavy atom. The first-order valence-electron chi connectivity index (χ1n) is 6.66. The molecule has 1 aromatic carbocycles. The molecule has 0 aliphatic carbocycles. The molecule has 2 atom stereocenters. The van der Waals surface area contributed by atoms with Crippen LogP contribution in [0.5, 0.6) is 11.5 Å². The van der Waals surface area contributed by atoms with E-state index in [-0.39, 0.29) is 0 Å². The van der Waals surface area contributed by atoms with Gasteiger partial charge in [0.05, 0.1) is 7.11 Å². The van der Waals surface area contributed by atoms with E-state index in [1.54, 1.807) is 7.11 Å². The second-order valence-corrected chi connectivity index (χ2v) is 5.35. The van der Waals surface area contributed by atoms with Crippen LogP contribution in [0.25, 0.3) is 0 Å². The van der Waals surface area contributed by atoms with Crippen LogP contribution in [-0.4, -0.2) is 20.3 Å². The van der Waals surface area contributed by atoms with Gasteiger partial charge in [-0.2, -0.15) is 0 Å². The molecule has 1 heterocycles. The van der Waals surface area contributed by atoms with Crippen LogP contribution < -0.4 is 14.8 Å². The van der Waals surface area contributed by atoms with Crippen molar-refractivity contribution in [2.75, 3.05) is 14.2 Å². The number of hydrogen-bond donors (Lipinski definition) is 1.